The molecule has 0 aliphatic heterocycles. The molecule has 0 unspecified atom stereocenters. The smallest absolute Gasteiger partial charge is 0.258 e. The lowest BCUT2D eigenvalue weighted by molar-refractivity contribution is 0.365. The SMILES string of the molecule is CN(C)Cc1noc(-c2ccnc(C#N)c2)n1. The van der Waals surface area contributed by atoms with Crippen LogP contribution in [0.25, 0.3) is 11.5 Å². The molecule has 86 valence electrons. The van der Waals surface area contributed by atoms with Crippen molar-refractivity contribution in [2.45, 2.75) is 6.54 Å². The van der Waals surface area contributed by atoms with E-state index in [0.717, 1.165) is 0 Å². The van der Waals surface area contributed by atoms with Crippen molar-refractivity contribution in [2.75, 3.05) is 14.1 Å². The van der Waals surface area contributed by atoms with Crippen LogP contribution in [0, 0.1) is 11.3 Å². The predicted octanol–water partition coefficient (Wildman–Crippen LogP) is 1.06. The van der Waals surface area contributed by atoms with E-state index in [2.05, 4.69) is 15.1 Å². The van der Waals surface area contributed by atoms with Crippen molar-refractivity contribution < 1.29 is 4.52 Å². The fraction of sp³-hybridized carbons (Fsp3) is 0.273. The van der Waals surface area contributed by atoms with E-state index < -0.39 is 0 Å². The van der Waals surface area contributed by atoms with Crippen LogP contribution in [0.15, 0.2) is 22.9 Å². The van der Waals surface area contributed by atoms with E-state index in [1.807, 2.05) is 25.1 Å². The lowest BCUT2D eigenvalue weighted by Crippen LogP contribution is -2.11. The molecule has 17 heavy (non-hydrogen) atoms. The van der Waals surface area contributed by atoms with Crippen LogP contribution < -0.4 is 0 Å². The van der Waals surface area contributed by atoms with Gasteiger partial charge in [0.05, 0.1) is 6.54 Å². The molecule has 0 fully saturated rings. The molecule has 2 aromatic heterocycles. The van der Waals surface area contributed by atoms with E-state index in [4.69, 9.17) is 9.78 Å². The fourth-order valence-corrected chi connectivity index (χ4v) is 1.34. The third-order valence-electron chi connectivity index (χ3n) is 2.05. The van der Waals surface area contributed by atoms with Gasteiger partial charge in [-0.2, -0.15) is 10.2 Å². The topological polar surface area (TPSA) is 78.8 Å². The number of hydrogen-bond donors (Lipinski definition) is 0. The summed E-state index contributed by atoms with van der Waals surface area (Å²) in [6.07, 6.45) is 1.55. The molecule has 6 nitrogen and oxygen atoms in total. The van der Waals surface area contributed by atoms with E-state index in [-0.39, 0.29) is 0 Å². The van der Waals surface area contributed by atoms with Crippen LogP contribution in [0.4, 0.5) is 0 Å². The summed E-state index contributed by atoms with van der Waals surface area (Å²) in [7, 11) is 3.85. The standard InChI is InChI=1S/C11H11N5O/c1-16(2)7-10-14-11(17-15-10)8-3-4-13-9(5-8)6-12/h3-5H,7H2,1-2H3. The van der Waals surface area contributed by atoms with Gasteiger partial charge in [-0.15, -0.1) is 0 Å². The largest absolute Gasteiger partial charge is 0.334 e. The molecular weight excluding hydrogens is 218 g/mol. The zero-order chi connectivity index (χ0) is 12.3. The minimum absolute atomic E-state index is 0.329. The van der Waals surface area contributed by atoms with Crippen molar-refractivity contribution in [2.24, 2.45) is 0 Å². The summed E-state index contributed by atoms with van der Waals surface area (Å²) in [6, 6.07) is 5.31. The normalized spacial score (nSPS) is 10.5. The Bertz CT molecular complexity index is 555. The van der Waals surface area contributed by atoms with Gasteiger partial charge in [0.1, 0.15) is 11.8 Å². The van der Waals surface area contributed by atoms with Crippen LogP contribution >= 0.6 is 0 Å². The summed E-state index contributed by atoms with van der Waals surface area (Å²) in [5.41, 5.74) is 1.03. The van der Waals surface area contributed by atoms with E-state index >= 15 is 0 Å². The highest BCUT2D eigenvalue weighted by molar-refractivity contribution is 5.53. The summed E-state index contributed by atoms with van der Waals surface area (Å²) >= 11 is 0. The van der Waals surface area contributed by atoms with Gasteiger partial charge in [-0.05, 0) is 26.2 Å². The fourth-order valence-electron chi connectivity index (χ4n) is 1.34. The van der Waals surface area contributed by atoms with Gasteiger partial charge >= 0.3 is 0 Å². The Morgan fingerprint density at radius 3 is 3.00 bits per heavy atom. The highest BCUT2D eigenvalue weighted by Gasteiger charge is 2.10. The number of nitrogens with zero attached hydrogens (tertiary/aromatic N) is 5. The lowest BCUT2D eigenvalue weighted by atomic mass is 10.2. The Labute approximate surface area is 98.5 Å². The summed E-state index contributed by atoms with van der Waals surface area (Å²) in [5, 5.41) is 12.6. The van der Waals surface area contributed by atoms with Crippen LogP contribution in [0.1, 0.15) is 11.5 Å². The molecule has 2 aromatic rings. The van der Waals surface area contributed by atoms with Gasteiger partial charge in [0.15, 0.2) is 5.82 Å². The van der Waals surface area contributed by atoms with E-state index in [1.165, 1.54) is 0 Å². The second kappa shape index (κ2) is 4.72. The molecule has 0 saturated carbocycles. The highest BCUT2D eigenvalue weighted by Crippen LogP contribution is 2.17. The third kappa shape index (κ3) is 2.65. The number of aromatic nitrogens is 3. The molecule has 0 spiro atoms. The minimum atomic E-state index is 0.329. The maximum atomic E-state index is 8.75. The lowest BCUT2D eigenvalue weighted by Gasteiger charge is -2.03. The first-order chi connectivity index (χ1) is 8.19. The molecule has 0 amide bonds. The Morgan fingerprint density at radius 2 is 2.29 bits per heavy atom. The highest BCUT2D eigenvalue weighted by atomic mass is 16.5. The second-order valence-corrected chi connectivity index (χ2v) is 3.80. The van der Waals surface area contributed by atoms with E-state index in [9.17, 15) is 0 Å². The number of nitriles is 1. The minimum Gasteiger partial charge on any atom is -0.334 e. The zero-order valence-electron chi connectivity index (χ0n) is 9.58. The van der Waals surface area contributed by atoms with Crippen molar-refractivity contribution >= 4 is 0 Å². The molecule has 0 aliphatic carbocycles. The molecule has 0 radical (unpaired) electrons. The average Bonchev–Trinajstić information content (AvgIpc) is 2.77. The maximum Gasteiger partial charge on any atom is 0.258 e. The first-order valence-electron chi connectivity index (χ1n) is 5.03. The quantitative estimate of drug-likeness (QED) is 0.783. The maximum absolute atomic E-state index is 8.75. The molecule has 2 heterocycles. The van der Waals surface area contributed by atoms with Crippen molar-refractivity contribution in [1.29, 1.82) is 5.26 Å². The molecule has 0 saturated heterocycles. The first-order valence-corrected chi connectivity index (χ1v) is 5.03. The Balaban J connectivity index is 2.27. The van der Waals surface area contributed by atoms with E-state index in [1.54, 1.807) is 18.3 Å². The van der Waals surface area contributed by atoms with Crippen LogP contribution in [0.3, 0.4) is 0 Å². The molecule has 6 heteroatoms. The summed E-state index contributed by atoms with van der Waals surface area (Å²) in [4.78, 5) is 10.1. The van der Waals surface area contributed by atoms with Crippen molar-refractivity contribution in [3.05, 3.63) is 29.8 Å². The molecular formula is C11H11N5O. The predicted molar refractivity (Wildman–Crippen MR) is 59.6 cm³/mol. The number of rotatable bonds is 3. The van der Waals surface area contributed by atoms with Gasteiger partial charge < -0.3 is 9.42 Å². The van der Waals surface area contributed by atoms with Gasteiger partial charge in [-0.3, -0.25) is 0 Å². The number of pyridine rings is 1. The zero-order valence-corrected chi connectivity index (χ0v) is 9.58. The summed E-state index contributed by atoms with van der Waals surface area (Å²) in [6.45, 7) is 0.611. The summed E-state index contributed by atoms with van der Waals surface area (Å²) < 4.78 is 5.13. The van der Waals surface area contributed by atoms with Gasteiger partial charge in [-0.1, -0.05) is 5.16 Å². The summed E-state index contributed by atoms with van der Waals surface area (Å²) in [5.74, 6) is 1.01. The van der Waals surface area contributed by atoms with Crippen LogP contribution in [-0.4, -0.2) is 34.1 Å². The van der Waals surface area contributed by atoms with Crippen LogP contribution in [0.5, 0.6) is 0 Å². The van der Waals surface area contributed by atoms with Crippen LogP contribution in [0.2, 0.25) is 0 Å². The molecule has 2 rings (SSSR count). The average molecular weight is 229 g/mol. The van der Waals surface area contributed by atoms with Gasteiger partial charge in [-0.25, -0.2) is 4.98 Å². The monoisotopic (exact) mass is 229 g/mol. The molecule has 0 atom stereocenters. The first kappa shape index (κ1) is 11.2. The molecule has 0 aromatic carbocycles. The Kier molecular flexibility index (Phi) is 3.12. The molecule has 0 aliphatic rings. The van der Waals surface area contributed by atoms with Crippen molar-refractivity contribution in [3.63, 3.8) is 0 Å². The second-order valence-electron chi connectivity index (χ2n) is 3.80. The van der Waals surface area contributed by atoms with Crippen LogP contribution in [-0.2, 0) is 6.54 Å². The molecule has 0 bridgehead atoms. The van der Waals surface area contributed by atoms with Gasteiger partial charge in [0.25, 0.3) is 5.89 Å². The van der Waals surface area contributed by atoms with Gasteiger partial charge in [0.2, 0.25) is 0 Å². The Morgan fingerprint density at radius 1 is 1.47 bits per heavy atom. The van der Waals surface area contributed by atoms with Gasteiger partial charge in [0, 0.05) is 11.8 Å². The van der Waals surface area contributed by atoms with E-state index in [0.29, 0.717) is 29.5 Å². The third-order valence-corrected chi connectivity index (χ3v) is 2.05. The Hall–Kier alpha value is -2.26. The number of hydrogen-bond acceptors (Lipinski definition) is 6. The van der Waals surface area contributed by atoms with Crippen molar-refractivity contribution in [1.82, 2.24) is 20.0 Å². The van der Waals surface area contributed by atoms with Crippen molar-refractivity contribution in [3.8, 4) is 17.5 Å². The molecule has 0 N–H and O–H groups in total.